The Bertz CT molecular complexity index is 494. The summed E-state index contributed by atoms with van der Waals surface area (Å²) in [5.41, 5.74) is -0.675. The first kappa shape index (κ1) is 13.5. The number of nitrogens with one attached hydrogen (secondary N) is 1. The first-order valence-electron chi connectivity index (χ1n) is 6.63. The van der Waals surface area contributed by atoms with Gasteiger partial charge >= 0.3 is 6.18 Å². The van der Waals surface area contributed by atoms with E-state index in [1.165, 1.54) is 0 Å². The predicted octanol–water partition coefficient (Wildman–Crippen LogP) is 2.51. The Balaban J connectivity index is 1.92. The molecule has 2 saturated heterocycles. The van der Waals surface area contributed by atoms with Crippen LogP contribution in [0.15, 0.2) is 12.1 Å². The van der Waals surface area contributed by atoms with Crippen LogP contribution in [0.25, 0.3) is 0 Å². The summed E-state index contributed by atoms with van der Waals surface area (Å²) in [6.07, 6.45) is -2.20. The number of alkyl halides is 3. The van der Waals surface area contributed by atoms with Gasteiger partial charge in [-0.3, -0.25) is 0 Å². The van der Waals surface area contributed by atoms with Crippen LogP contribution in [-0.2, 0) is 10.9 Å². The van der Waals surface area contributed by atoms with Crippen molar-refractivity contribution in [1.29, 1.82) is 0 Å². The normalized spacial score (nSPS) is 25.9. The number of halogens is 3. The van der Waals surface area contributed by atoms with Crippen molar-refractivity contribution < 1.29 is 17.9 Å². The number of morpholine rings is 1. The Morgan fingerprint density at radius 3 is 2.45 bits per heavy atom. The predicted molar refractivity (Wildman–Crippen MR) is 68.9 cm³/mol. The highest BCUT2D eigenvalue weighted by Crippen LogP contribution is 2.35. The van der Waals surface area contributed by atoms with Gasteiger partial charge in [0.1, 0.15) is 11.6 Å². The van der Waals surface area contributed by atoms with Gasteiger partial charge in [-0.1, -0.05) is 0 Å². The second-order valence-corrected chi connectivity index (χ2v) is 5.21. The van der Waals surface area contributed by atoms with Crippen LogP contribution in [-0.4, -0.2) is 37.3 Å². The highest BCUT2D eigenvalue weighted by molar-refractivity contribution is 5.51. The fourth-order valence-corrected chi connectivity index (χ4v) is 2.77. The van der Waals surface area contributed by atoms with E-state index in [2.05, 4.69) is 10.3 Å². The van der Waals surface area contributed by atoms with Crippen LogP contribution in [0.1, 0.15) is 18.4 Å². The second kappa shape index (κ2) is 4.80. The summed E-state index contributed by atoms with van der Waals surface area (Å²) < 4.78 is 44.5. The topological polar surface area (TPSA) is 37.4 Å². The van der Waals surface area contributed by atoms with E-state index < -0.39 is 11.7 Å². The van der Waals surface area contributed by atoms with E-state index in [1.807, 2.05) is 4.90 Å². The Hall–Kier alpha value is -1.50. The van der Waals surface area contributed by atoms with Crippen molar-refractivity contribution in [1.82, 2.24) is 4.98 Å². The summed E-state index contributed by atoms with van der Waals surface area (Å²) in [7, 11) is 1.56. The van der Waals surface area contributed by atoms with Gasteiger partial charge in [-0.15, -0.1) is 0 Å². The molecule has 0 spiro atoms. The molecule has 2 aliphatic rings. The molecular formula is C13H16F3N3O. The molecule has 2 bridgehead atoms. The number of pyridine rings is 1. The second-order valence-electron chi connectivity index (χ2n) is 5.21. The van der Waals surface area contributed by atoms with Gasteiger partial charge in [0.05, 0.1) is 17.8 Å². The Kier molecular flexibility index (Phi) is 3.24. The van der Waals surface area contributed by atoms with Gasteiger partial charge in [-0.25, -0.2) is 4.98 Å². The molecule has 0 amide bonds. The summed E-state index contributed by atoms with van der Waals surface area (Å²) in [6.45, 7) is 1.21. The standard InChI is InChI=1S/C13H16F3N3O/c1-17-11-4-8(13(14,15)16)5-12(18-11)19-6-9-2-3-10(7-19)20-9/h4-5,9-10H,2-3,6-7H2,1H3,(H,17,18). The summed E-state index contributed by atoms with van der Waals surface area (Å²) in [5, 5.41) is 2.69. The zero-order valence-corrected chi connectivity index (χ0v) is 11.1. The fraction of sp³-hybridized carbons (Fsp3) is 0.615. The van der Waals surface area contributed by atoms with Crippen molar-refractivity contribution in [3.05, 3.63) is 17.7 Å². The molecule has 3 rings (SSSR count). The molecule has 2 unspecified atom stereocenters. The zero-order chi connectivity index (χ0) is 14.3. The minimum atomic E-state index is -4.37. The van der Waals surface area contributed by atoms with Crippen LogP contribution < -0.4 is 10.2 Å². The van der Waals surface area contributed by atoms with Crippen LogP contribution >= 0.6 is 0 Å². The van der Waals surface area contributed by atoms with Crippen LogP contribution in [0.2, 0.25) is 0 Å². The van der Waals surface area contributed by atoms with Gasteiger partial charge in [-0.2, -0.15) is 13.2 Å². The van der Waals surface area contributed by atoms with E-state index >= 15 is 0 Å². The lowest BCUT2D eigenvalue weighted by molar-refractivity contribution is -0.137. The average molecular weight is 287 g/mol. The number of anilines is 2. The lowest BCUT2D eigenvalue weighted by Gasteiger charge is -2.33. The monoisotopic (exact) mass is 287 g/mol. The number of hydrogen-bond acceptors (Lipinski definition) is 4. The largest absolute Gasteiger partial charge is 0.416 e. The first-order chi connectivity index (χ1) is 9.45. The van der Waals surface area contributed by atoms with Gasteiger partial charge in [0.2, 0.25) is 0 Å². The van der Waals surface area contributed by atoms with Gasteiger partial charge in [0.25, 0.3) is 0 Å². The maximum absolute atomic E-state index is 12.9. The lowest BCUT2D eigenvalue weighted by atomic mass is 10.2. The summed E-state index contributed by atoms with van der Waals surface area (Å²) in [6, 6.07) is 2.14. The van der Waals surface area contributed by atoms with E-state index in [9.17, 15) is 13.2 Å². The molecule has 1 N–H and O–H groups in total. The maximum Gasteiger partial charge on any atom is 0.416 e. The highest BCUT2D eigenvalue weighted by atomic mass is 19.4. The third-order valence-corrected chi connectivity index (χ3v) is 3.76. The molecule has 3 heterocycles. The zero-order valence-electron chi connectivity index (χ0n) is 11.1. The quantitative estimate of drug-likeness (QED) is 0.907. The molecule has 2 aliphatic heterocycles. The SMILES string of the molecule is CNc1cc(C(F)(F)F)cc(N2CC3CCC(C2)O3)n1. The fourth-order valence-electron chi connectivity index (χ4n) is 2.77. The van der Waals surface area contributed by atoms with E-state index in [4.69, 9.17) is 4.74 Å². The Morgan fingerprint density at radius 1 is 1.25 bits per heavy atom. The number of rotatable bonds is 2. The van der Waals surface area contributed by atoms with E-state index in [0.29, 0.717) is 18.9 Å². The number of ether oxygens (including phenoxy) is 1. The van der Waals surface area contributed by atoms with Crippen molar-refractivity contribution in [2.24, 2.45) is 0 Å². The Labute approximate surface area is 114 Å². The molecular weight excluding hydrogens is 271 g/mol. The third-order valence-electron chi connectivity index (χ3n) is 3.76. The van der Waals surface area contributed by atoms with Gasteiger partial charge < -0.3 is 15.0 Å². The summed E-state index contributed by atoms with van der Waals surface area (Å²) in [5.74, 6) is 0.595. The van der Waals surface area contributed by atoms with Crippen molar-refractivity contribution in [2.75, 3.05) is 30.4 Å². The lowest BCUT2D eigenvalue weighted by Crippen LogP contribution is -2.43. The smallest absolute Gasteiger partial charge is 0.373 e. The summed E-state index contributed by atoms with van der Waals surface area (Å²) >= 11 is 0. The van der Waals surface area contributed by atoms with Crippen LogP contribution in [0, 0.1) is 0 Å². The van der Waals surface area contributed by atoms with Crippen LogP contribution in [0.5, 0.6) is 0 Å². The molecule has 2 fully saturated rings. The number of hydrogen-bond donors (Lipinski definition) is 1. The third kappa shape index (κ3) is 2.54. The summed E-state index contributed by atoms with van der Waals surface area (Å²) in [4.78, 5) is 6.14. The van der Waals surface area contributed by atoms with Gasteiger partial charge in [0.15, 0.2) is 0 Å². The van der Waals surface area contributed by atoms with Crippen molar-refractivity contribution in [3.63, 3.8) is 0 Å². The number of aromatic nitrogens is 1. The maximum atomic E-state index is 12.9. The molecule has 2 atom stereocenters. The molecule has 110 valence electrons. The first-order valence-corrected chi connectivity index (χ1v) is 6.63. The minimum Gasteiger partial charge on any atom is -0.373 e. The highest BCUT2D eigenvalue weighted by Gasteiger charge is 2.36. The van der Waals surface area contributed by atoms with Crippen molar-refractivity contribution >= 4 is 11.6 Å². The molecule has 4 nitrogen and oxygen atoms in total. The Morgan fingerprint density at radius 2 is 1.90 bits per heavy atom. The minimum absolute atomic E-state index is 0.114. The number of fused-ring (bicyclic) bond motifs is 2. The van der Waals surface area contributed by atoms with Crippen LogP contribution in [0.3, 0.4) is 0 Å². The van der Waals surface area contributed by atoms with E-state index in [1.54, 1.807) is 7.05 Å². The molecule has 1 aromatic rings. The van der Waals surface area contributed by atoms with E-state index in [-0.39, 0.29) is 18.0 Å². The van der Waals surface area contributed by atoms with Gasteiger partial charge in [0, 0.05) is 20.1 Å². The molecule has 20 heavy (non-hydrogen) atoms. The van der Waals surface area contributed by atoms with Crippen molar-refractivity contribution in [3.8, 4) is 0 Å². The molecule has 0 aliphatic carbocycles. The molecule has 0 saturated carbocycles. The average Bonchev–Trinajstić information content (AvgIpc) is 2.76. The van der Waals surface area contributed by atoms with E-state index in [0.717, 1.165) is 25.0 Å². The number of nitrogens with zero attached hydrogens (tertiary/aromatic N) is 2. The molecule has 1 aromatic heterocycles. The van der Waals surface area contributed by atoms with Crippen LogP contribution in [0.4, 0.5) is 24.8 Å². The molecule has 7 heteroatoms. The molecule has 0 aromatic carbocycles. The molecule has 0 radical (unpaired) electrons. The van der Waals surface area contributed by atoms with Gasteiger partial charge in [-0.05, 0) is 25.0 Å². The van der Waals surface area contributed by atoms with Crippen molar-refractivity contribution in [2.45, 2.75) is 31.2 Å².